The van der Waals surface area contributed by atoms with E-state index >= 15 is 0 Å². The van der Waals surface area contributed by atoms with Crippen LogP contribution >= 0.6 is 0 Å². The van der Waals surface area contributed by atoms with Crippen molar-refractivity contribution in [2.75, 3.05) is 37.8 Å². The third-order valence-electron chi connectivity index (χ3n) is 5.82. The van der Waals surface area contributed by atoms with Gasteiger partial charge in [0.2, 0.25) is 0 Å². The van der Waals surface area contributed by atoms with Gasteiger partial charge in [0.05, 0.1) is 31.0 Å². The summed E-state index contributed by atoms with van der Waals surface area (Å²) in [5, 5.41) is 7.41. The fourth-order valence-electron chi connectivity index (χ4n) is 3.84. The van der Waals surface area contributed by atoms with Crippen molar-refractivity contribution in [2.24, 2.45) is 0 Å². The molecule has 3 heterocycles. The molecule has 34 heavy (non-hydrogen) atoms. The van der Waals surface area contributed by atoms with Crippen LogP contribution in [0.1, 0.15) is 32.9 Å². The minimum atomic E-state index is -0.584. The topological polar surface area (TPSA) is 98.6 Å². The summed E-state index contributed by atoms with van der Waals surface area (Å²) in [7, 11) is 0. The first kappa shape index (κ1) is 23.4. The van der Waals surface area contributed by atoms with Gasteiger partial charge < -0.3 is 19.7 Å². The van der Waals surface area contributed by atoms with E-state index in [1.54, 1.807) is 12.1 Å². The monoisotopic (exact) mass is 463 g/mol. The second-order valence-electron chi connectivity index (χ2n) is 8.15. The lowest BCUT2D eigenvalue weighted by molar-refractivity contribution is -0.124. The molecule has 0 saturated carbocycles. The van der Waals surface area contributed by atoms with Crippen LogP contribution in [0.3, 0.4) is 0 Å². The van der Waals surface area contributed by atoms with Crippen molar-refractivity contribution < 1.29 is 19.1 Å². The Labute approximate surface area is 198 Å². The molecule has 1 N–H and O–H groups in total. The molecule has 4 rings (SSSR count). The molecule has 3 aromatic rings. The van der Waals surface area contributed by atoms with E-state index in [4.69, 9.17) is 9.47 Å². The number of esters is 1. The summed E-state index contributed by atoms with van der Waals surface area (Å²) >= 11 is 0. The molecule has 1 saturated heterocycles. The van der Waals surface area contributed by atoms with Gasteiger partial charge in [0.25, 0.3) is 5.91 Å². The molecule has 1 aliphatic heterocycles. The Bertz CT molecular complexity index is 1120. The Morgan fingerprint density at radius 2 is 1.85 bits per heavy atom. The number of hydrogen-bond donors (Lipinski definition) is 1. The molecule has 1 aliphatic rings. The van der Waals surface area contributed by atoms with Crippen molar-refractivity contribution in [3.05, 3.63) is 76.7 Å². The van der Waals surface area contributed by atoms with E-state index < -0.39 is 5.97 Å². The number of morpholine rings is 1. The summed E-state index contributed by atoms with van der Waals surface area (Å²) in [6.45, 7) is 7.38. The molecular weight excluding hydrogens is 434 g/mol. The summed E-state index contributed by atoms with van der Waals surface area (Å²) in [5.74, 6) is -0.170. The maximum atomic E-state index is 12.3. The van der Waals surface area contributed by atoms with Gasteiger partial charge in [0.1, 0.15) is 5.82 Å². The molecule has 1 amide bonds. The van der Waals surface area contributed by atoms with E-state index in [0.717, 1.165) is 41.4 Å². The van der Waals surface area contributed by atoms with E-state index in [1.807, 2.05) is 36.7 Å². The first-order chi connectivity index (χ1) is 16.5. The van der Waals surface area contributed by atoms with Gasteiger partial charge in [-0.15, -0.1) is 0 Å². The van der Waals surface area contributed by atoms with E-state index in [2.05, 4.69) is 32.4 Å². The van der Waals surface area contributed by atoms with Crippen molar-refractivity contribution >= 4 is 17.7 Å². The number of benzene rings is 1. The molecular formula is C25H29N5O4. The van der Waals surface area contributed by atoms with Gasteiger partial charge in [-0.3, -0.25) is 9.48 Å². The fourth-order valence-corrected chi connectivity index (χ4v) is 3.84. The Balaban J connectivity index is 1.26. The molecule has 0 radical (unpaired) electrons. The summed E-state index contributed by atoms with van der Waals surface area (Å²) in [4.78, 5) is 31.0. The molecule has 1 fully saturated rings. The quantitative estimate of drug-likeness (QED) is 0.512. The normalized spacial score (nSPS) is 13.5. The van der Waals surface area contributed by atoms with Crippen molar-refractivity contribution in [3.63, 3.8) is 0 Å². The summed E-state index contributed by atoms with van der Waals surface area (Å²) in [6, 6.07) is 13.5. The summed E-state index contributed by atoms with van der Waals surface area (Å²) < 4.78 is 12.4. The van der Waals surface area contributed by atoms with Gasteiger partial charge in [0.15, 0.2) is 6.61 Å². The maximum Gasteiger partial charge on any atom is 0.340 e. The van der Waals surface area contributed by atoms with Gasteiger partial charge in [-0.2, -0.15) is 5.10 Å². The van der Waals surface area contributed by atoms with Crippen LogP contribution in [0.15, 0.2) is 48.7 Å². The first-order valence-electron chi connectivity index (χ1n) is 11.3. The lowest BCUT2D eigenvalue weighted by Gasteiger charge is -2.27. The molecule has 0 aliphatic carbocycles. The number of nitrogens with zero attached hydrogens (tertiary/aromatic N) is 4. The van der Waals surface area contributed by atoms with Crippen molar-refractivity contribution in [1.29, 1.82) is 0 Å². The van der Waals surface area contributed by atoms with Crippen LogP contribution in [0.25, 0.3) is 0 Å². The zero-order valence-electron chi connectivity index (χ0n) is 19.5. The van der Waals surface area contributed by atoms with E-state index in [9.17, 15) is 9.59 Å². The molecule has 9 heteroatoms. The minimum Gasteiger partial charge on any atom is -0.452 e. The maximum absolute atomic E-state index is 12.3. The number of aryl methyl sites for hydroxylation is 1. The molecule has 0 spiro atoms. The molecule has 1 aromatic carbocycles. The summed E-state index contributed by atoms with van der Waals surface area (Å²) in [5.41, 5.74) is 4.27. The average molecular weight is 464 g/mol. The number of rotatable bonds is 8. The Morgan fingerprint density at radius 3 is 2.56 bits per heavy atom. The Hall–Kier alpha value is -3.72. The van der Waals surface area contributed by atoms with Gasteiger partial charge in [-0.05, 0) is 31.5 Å². The predicted molar refractivity (Wildman–Crippen MR) is 127 cm³/mol. The number of aromatic nitrogens is 3. The summed E-state index contributed by atoms with van der Waals surface area (Å²) in [6.07, 6.45) is 1.47. The molecule has 0 bridgehead atoms. The molecule has 2 aromatic heterocycles. The second kappa shape index (κ2) is 10.9. The third kappa shape index (κ3) is 5.79. The Kier molecular flexibility index (Phi) is 7.54. The highest BCUT2D eigenvalue weighted by Gasteiger charge is 2.16. The number of amides is 1. The van der Waals surface area contributed by atoms with E-state index in [0.29, 0.717) is 31.9 Å². The fraction of sp³-hybridized carbons (Fsp3) is 0.360. The van der Waals surface area contributed by atoms with Crippen LogP contribution in [0.2, 0.25) is 0 Å². The molecule has 9 nitrogen and oxygen atoms in total. The van der Waals surface area contributed by atoms with Gasteiger partial charge in [-0.25, -0.2) is 9.78 Å². The number of hydrogen-bond acceptors (Lipinski definition) is 7. The van der Waals surface area contributed by atoms with Crippen molar-refractivity contribution in [3.8, 4) is 0 Å². The van der Waals surface area contributed by atoms with E-state index in [-0.39, 0.29) is 12.5 Å². The van der Waals surface area contributed by atoms with E-state index in [1.165, 1.54) is 6.20 Å². The van der Waals surface area contributed by atoms with Crippen molar-refractivity contribution in [1.82, 2.24) is 20.1 Å². The molecule has 0 unspecified atom stereocenters. The van der Waals surface area contributed by atoms with Gasteiger partial charge >= 0.3 is 5.97 Å². The van der Waals surface area contributed by atoms with Crippen molar-refractivity contribution in [2.45, 2.75) is 26.9 Å². The Morgan fingerprint density at radius 1 is 1.09 bits per heavy atom. The molecule has 0 atom stereocenters. The van der Waals surface area contributed by atoms with Crippen LogP contribution in [0.4, 0.5) is 5.82 Å². The lowest BCUT2D eigenvalue weighted by Crippen LogP contribution is -2.36. The zero-order chi connectivity index (χ0) is 23.9. The number of anilines is 1. The third-order valence-corrected chi connectivity index (χ3v) is 5.82. The SMILES string of the molecule is Cc1nn(Cc2ccccc2)c(C)c1CNC(=O)COC(=O)c1ccc(N2CCOCC2)nc1. The van der Waals surface area contributed by atoms with Crippen LogP contribution in [0, 0.1) is 13.8 Å². The first-order valence-corrected chi connectivity index (χ1v) is 11.3. The lowest BCUT2D eigenvalue weighted by atomic mass is 10.2. The number of carbonyl (C=O) groups excluding carboxylic acids is 2. The van der Waals surface area contributed by atoms with Gasteiger partial charge in [0, 0.05) is 37.1 Å². The predicted octanol–water partition coefficient (Wildman–Crippen LogP) is 2.25. The van der Waals surface area contributed by atoms with Crippen LogP contribution in [0.5, 0.6) is 0 Å². The average Bonchev–Trinajstić information content (AvgIpc) is 3.14. The largest absolute Gasteiger partial charge is 0.452 e. The highest BCUT2D eigenvalue weighted by atomic mass is 16.5. The number of carbonyl (C=O) groups is 2. The highest BCUT2D eigenvalue weighted by molar-refractivity contribution is 5.91. The number of pyridine rings is 1. The standard InChI is InChI=1S/C25H29N5O4/c1-18-22(19(2)30(28-18)16-20-6-4-3-5-7-20)15-27-24(31)17-34-25(32)21-8-9-23(26-14-21)29-10-12-33-13-11-29/h3-9,14H,10-13,15-17H2,1-2H3,(H,27,31). The van der Waals surface area contributed by atoms with Crippen LogP contribution in [-0.2, 0) is 27.4 Å². The highest BCUT2D eigenvalue weighted by Crippen LogP contribution is 2.15. The van der Waals surface area contributed by atoms with Crippen LogP contribution in [-0.4, -0.2) is 59.6 Å². The van der Waals surface area contributed by atoms with Crippen LogP contribution < -0.4 is 10.2 Å². The smallest absolute Gasteiger partial charge is 0.340 e. The van der Waals surface area contributed by atoms with Gasteiger partial charge in [-0.1, -0.05) is 30.3 Å². The minimum absolute atomic E-state index is 0.304. The number of ether oxygens (including phenoxy) is 2. The molecule has 178 valence electrons. The zero-order valence-corrected chi connectivity index (χ0v) is 19.5. The number of nitrogens with one attached hydrogen (secondary N) is 1. The second-order valence-corrected chi connectivity index (χ2v) is 8.15.